The van der Waals surface area contributed by atoms with Gasteiger partial charge in [-0.2, -0.15) is 10.2 Å². The molecule has 72 valence electrons. The van der Waals surface area contributed by atoms with Crippen LogP contribution in [0.5, 0.6) is 0 Å². The zero-order valence-corrected chi connectivity index (χ0v) is 8.86. The van der Waals surface area contributed by atoms with Gasteiger partial charge in [0.25, 0.3) is 0 Å². The van der Waals surface area contributed by atoms with Crippen LogP contribution < -0.4 is 0 Å². The van der Waals surface area contributed by atoms with E-state index in [1.165, 1.54) is 0 Å². The normalized spacial score (nSPS) is 48.9. The molecule has 3 rings (SSSR count). The first kappa shape index (κ1) is 8.92. The average Bonchev–Trinajstić information content (AvgIpc) is 2.01. The summed E-state index contributed by atoms with van der Waals surface area (Å²) in [6, 6.07) is 0.467. The first-order chi connectivity index (χ1) is 6.01. The average molecular weight is 178 g/mol. The lowest BCUT2D eigenvalue weighted by Gasteiger charge is -2.46. The lowest BCUT2D eigenvalue weighted by Crippen LogP contribution is -2.47. The van der Waals surface area contributed by atoms with Crippen LogP contribution in [0.15, 0.2) is 22.4 Å². The molecule has 2 nitrogen and oxygen atoms in total. The second kappa shape index (κ2) is 2.66. The number of nitrogens with zero attached hydrogens (tertiary/aromatic N) is 2. The largest absolute Gasteiger partial charge is 0.189 e. The van der Waals surface area contributed by atoms with Crippen LogP contribution >= 0.6 is 0 Å². The van der Waals surface area contributed by atoms with Gasteiger partial charge in [0.05, 0.1) is 11.6 Å². The summed E-state index contributed by atoms with van der Waals surface area (Å²) < 4.78 is 0. The Morgan fingerprint density at radius 2 is 1.77 bits per heavy atom. The van der Waals surface area contributed by atoms with E-state index in [1.807, 2.05) is 0 Å². The van der Waals surface area contributed by atoms with Crippen LogP contribution in [0, 0.1) is 17.8 Å². The Morgan fingerprint density at radius 1 is 1.15 bits per heavy atom. The predicted octanol–water partition coefficient (Wildman–Crippen LogP) is 3.06. The summed E-state index contributed by atoms with van der Waals surface area (Å²) in [6.45, 7) is 8.76. The lowest BCUT2D eigenvalue weighted by molar-refractivity contribution is 0.0947. The maximum atomic E-state index is 4.44. The highest BCUT2D eigenvalue weighted by Crippen LogP contribution is 2.45. The van der Waals surface area contributed by atoms with E-state index in [0.29, 0.717) is 17.9 Å². The minimum absolute atomic E-state index is 0.0865. The van der Waals surface area contributed by atoms with Gasteiger partial charge in [0.2, 0.25) is 0 Å². The number of rotatable bonds is 0. The predicted molar refractivity (Wildman–Crippen MR) is 53.7 cm³/mol. The third-order valence-corrected chi connectivity index (χ3v) is 3.47. The minimum Gasteiger partial charge on any atom is -0.189 e. The highest BCUT2D eigenvalue weighted by Gasteiger charge is 2.45. The Kier molecular flexibility index (Phi) is 1.83. The Balaban J connectivity index is 2.26. The molecule has 2 aliphatic heterocycles. The summed E-state index contributed by atoms with van der Waals surface area (Å²) in [6.07, 6.45) is 4.54. The van der Waals surface area contributed by atoms with Gasteiger partial charge in [-0.25, -0.2) is 0 Å². The van der Waals surface area contributed by atoms with Gasteiger partial charge in [-0.1, -0.05) is 26.0 Å². The topological polar surface area (TPSA) is 24.7 Å². The monoisotopic (exact) mass is 178 g/mol. The number of hydrogen-bond donors (Lipinski definition) is 0. The summed E-state index contributed by atoms with van der Waals surface area (Å²) in [7, 11) is 0. The van der Waals surface area contributed by atoms with Crippen molar-refractivity contribution in [1.82, 2.24) is 0 Å². The van der Waals surface area contributed by atoms with Crippen molar-refractivity contribution in [1.29, 1.82) is 0 Å². The first-order valence-corrected chi connectivity index (χ1v) is 5.13. The van der Waals surface area contributed by atoms with Gasteiger partial charge in [0.1, 0.15) is 0 Å². The molecular formula is C11H18N2. The maximum Gasteiger partial charge on any atom is 0.0939 e. The van der Waals surface area contributed by atoms with E-state index in [-0.39, 0.29) is 5.54 Å². The summed E-state index contributed by atoms with van der Waals surface area (Å²) in [5.41, 5.74) is -0.0865. The molecule has 0 amide bonds. The van der Waals surface area contributed by atoms with E-state index in [1.54, 1.807) is 0 Å². The molecule has 0 radical (unpaired) electrons. The van der Waals surface area contributed by atoms with Crippen molar-refractivity contribution >= 4 is 0 Å². The molecule has 2 atom stereocenters. The van der Waals surface area contributed by atoms with Gasteiger partial charge in [-0.3, -0.25) is 0 Å². The second-order valence-corrected chi connectivity index (χ2v) is 5.01. The molecule has 2 heterocycles. The van der Waals surface area contributed by atoms with E-state index in [2.05, 4.69) is 50.1 Å². The van der Waals surface area contributed by atoms with Crippen molar-refractivity contribution in [2.75, 3.05) is 0 Å². The smallest absolute Gasteiger partial charge is 0.0939 e. The first-order valence-electron chi connectivity index (χ1n) is 5.13. The van der Waals surface area contributed by atoms with E-state index in [4.69, 9.17) is 0 Å². The van der Waals surface area contributed by atoms with Crippen LogP contribution in [0.4, 0.5) is 0 Å². The number of fused-ring (bicyclic) bond motifs is 2. The highest BCUT2D eigenvalue weighted by atomic mass is 15.2. The molecule has 1 aliphatic carbocycles. The van der Waals surface area contributed by atoms with Crippen LogP contribution in [0.3, 0.4) is 0 Å². The van der Waals surface area contributed by atoms with Crippen LogP contribution in [0.25, 0.3) is 0 Å². The fourth-order valence-corrected chi connectivity index (χ4v) is 2.42. The zero-order chi connectivity index (χ0) is 9.64. The van der Waals surface area contributed by atoms with Crippen molar-refractivity contribution in [3.8, 4) is 0 Å². The molecule has 0 saturated heterocycles. The van der Waals surface area contributed by atoms with Gasteiger partial charge < -0.3 is 0 Å². The van der Waals surface area contributed by atoms with Gasteiger partial charge in [-0.05, 0) is 31.6 Å². The van der Waals surface area contributed by atoms with Crippen molar-refractivity contribution in [2.45, 2.75) is 39.3 Å². The quantitative estimate of drug-likeness (QED) is 0.509. The number of hydrogen-bond acceptors (Lipinski definition) is 2. The summed E-state index contributed by atoms with van der Waals surface area (Å²) in [5.74, 6) is 2.10. The van der Waals surface area contributed by atoms with Crippen LogP contribution in [0.2, 0.25) is 0 Å². The van der Waals surface area contributed by atoms with Crippen molar-refractivity contribution in [3.05, 3.63) is 12.2 Å². The summed E-state index contributed by atoms with van der Waals surface area (Å²) >= 11 is 0. The van der Waals surface area contributed by atoms with Crippen LogP contribution in [0.1, 0.15) is 27.7 Å². The van der Waals surface area contributed by atoms with Gasteiger partial charge in [0, 0.05) is 0 Å². The third-order valence-electron chi connectivity index (χ3n) is 3.47. The lowest BCUT2D eigenvalue weighted by atomic mass is 9.62. The van der Waals surface area contributed by atoms with E-state index < -0.39 is 0 Å². The summed E-state index contributed by atoms with van der Waals surface area (Å²) in [5, 5.41) is 8.81. The molecule has 0 aromatic rings. The molecule has 0 aromatic heterocycles. The second-order valence-electron chi connectivity index (χ2n) is 5.01. The fourth-order valence-electron chi connectivity index (χ4n) is 2.42. The van der Waals surface area contributed by atoms with Crippen molar-refractivity contribution in [2.24, 2.45) is 28.0 Å². The fraction of sp³-hybridized carbons (Fsp3) is 0.818. The molecule has 0 N–H and O–H groups in total. The molecule has 3 aliphatic rings. The number of allylic oxidation sites excluding steroid dienone is 1. The standard InChI is InChI=1S/C11H18N2/c1-7-9-5-6-11(3,4)13-12-10(7)8(9)2/h5-10H,1-4H3/b6-5-,13-12?. The Morgan fingerprint density at radius 3 is 2.38 bits per heavy atom. The maximum absolute atomic E-state index is 4.44. The molecule has 1 saturated carbocycles. The van der Waals surface area contributed by atoms with Crippen LogP contribution in [-0.4, -0.2) is 11.6 Å². The van der Waals surface area contributed by atoms with E-state index in [0.717, 1.165) is 5.92 Å². The van der Waals surface area contributed by atoms with Gasteiger partial charge >= 0.3 is 0 Å². The Labute approximate surface area is 80.1 Å². The minimum atomic E-state index is -0.0865. The van der Waals surface area contributed by atoms with E-state index in [9.17, 15) is 0 Å². The molecule has 0 aromatic carbocycles. The van der Waals surface area contributed by atoms with Crippen molar-refractivity contribution in [3.63, 3.8) is 0 Å². The highest BCUT2D eigenvalue weighted by molar-refractivity contribution is 5.13. The van der Waals surface area contributed by atoms with E-state index >= 15 is 0 Å². The number of azo groups is 1. The van der Waals surface area contributed by atoms with Gasteiger partial charge in [0.15, 0.2) is 0 Å². The molecule has 2 heteroatoms. The zero-order valence-electron chi connectivity index (χ0n) is 8.86. The molecule has 2 bridgehead atoms. The Hall–Kier alpha value is -0.660. The molecule has 0 spiro atoms. The summed E-state index contributed by atoms with van der Waals surface area (Å²) in [4.78, 5) is 0. The molecular weight excluding hydrogens is 160 g/mol. The van der Waals surface area contributed by atoms with Crippen molar-refractivity contribution < 1.29 is 0 Å². The molecule has 1 fully saturated rings. The third kappa shape index (κ3) is 1.32. The van der Waals surface area contributed by atoms with Gasteiger partial charge in [-0.15, -0.1) is 0 Å². The molecule has 2 unspecified atom stereocenters. The molecule has 13 heavy (non-hydrogen) atoms. The Bertz CT molecular complexity index is 231. The van der Waals surface area contributed by atoms with Crippen LogP contribution in [-0.2, 0) is 0 Å². The SMILES string of the molecule is CC1C2/C=C\C(C)(C)N=NC1C2C.